The molecule has 0 unspecified atom stereocenters. The van der Waals surface area contributed by atoms with Gasteiger partial charge >= 0.3 is 0 Å². The van der Waals surface area contributed by atoms with Gasteiger partial charge in [-0.1, -0.05) is 23.7 Å². The first kappa shape index (κ1) is 10.1. The van der Waals surface area contributed by atoms with Crippen LogP contribution in [-0.4, -0.2) is 4.98 Å². The molecule has 1 aromatic heterocycles. The summed E-state index contributed by atoms with van der Waals surface area (Å²) in [7, 11) is 0. The molecule has 2 rings (SSSR count). The Labute approximate surface area is 93.7 Å². The number of hydrogen-bond donors (Lipinski definition) is 1. The smallest absolute Gasteiger partial charge is 0.0702 e. The van der Waals surface area contributed by atoms with Gasteiger partial charge in [0.15, 0.2) is 0 Å². The predicted octanol–water partition coefficient (Wildman–Crippen LogP) is 2.86. The third-order valence-electron chi connectivity index (χ3n) is 2.23. The lowest BCUT2D eigenvalue weighted by atomic mass is 10.1. The molecule has 2 N–H and O–H groups in total. The number of halogens is 1. The topological polar surface area (TPSA) is 38.9 Å². The van der Waals surface area contributed by atoms with Crippen LogP contribution in [0.4, 0.5) is 0 Å². The van der Waals surface area contributed by atoms with Gasteiger partial charge in [0.2, 0.25) is 0 Å². The summed E-state index contributed by atoms with van der Waals surface area (Å²) in [6.07, 6.45) is 1.77. The second kappa shape index (κ2) is 4.43. The number of pyridine rings is 1. The molecule has 15 heavy (non-hydrogen) atoms. The summed E-state index contributed by atoms with van der Waals surface area (Å²) in [5.74, 6) is 0. The van der Waals surface area contributed by atoms with E-state index in [1.165, 1.54) is 0 Å². The van der Waals surface area contributed by atoms with Gasteiger partial charge in [0.1, 0.15) is 0 Å². The van der Waals surface area contributed by atoms with Crippen molar-refractivity contribution in [2.45, 2.75) is 6.54 Å². The Bertz CT molecular complexity index is 454. The number of nitrogens with two attached hydrogens (primary N) is 1. The van der Waals surface area contributed by atoms with Crippen LogP contribution >= 0.6 is 11.6 Å². The van der Waals surface area contributed by atoms with Gasteiger partial charge in [-0.15, -0.1) is 0 Å². The Morgan fingerprint density at radius 2 is 2.07 bits per heavy atom. The maximum atomic E-state index is 5.98. The first-order valence-corrected chi connectivity index (χ1v) is 5.09. The van der Waals surface area contributed by atoms with Crippen molar-refractivity contribution in [3.05, 3.63) is 53.2 Å². The molecule has 0 spiro atoms. The van der Waals surface area contributed by atoms with Crippen molar-refractivity contribution in [1.29, 1.82) is 0 Å². The maximum absolute atomic E-state index is 5.98. The molecule has 0 aliphatic rings. The molecule has 2 nitrogen and oxygen atoms in total. The Balaban J connectivity index is 2.46. The van der Waals surface area contributed by atoms with Crippen molar-refractivity contribution in [3.63, 3.8) is 0 Å². The molecule has 2 aromatic rings. The van der Waals surface area contributed by atoms with E-state index in [1.54, 1.807) is 6.20 Å². The number of benzene rings is 1. The molecule has 0 fully saturated rings. The van der Waals surface area contributed by atoms with Crippen molar-refractivity contribution in [2.24, 2.45) is 5.73 Å². The minimum atomic E-state index is 0.444. The molecule has 0 atom stereocenters. The Kier molecular flexibility index (Phi) is 2.99. The fraction of sp³-hybridized carbons (Fsp3) is 0.0833. The van der Waals surface area contributed by atoms with E-state index in [-0.39, 0.29) is 0 Å². The van der Waals surface area contributed by atoms with Gasteiger partial charge < -0.3 is 5.73 Å². The first-order chi connectivity index (χ1) is 7.31. The lowest BCUT2D eigenvalue weighted by Gasteiger charge is -2.04. The average molecular weight is 219 g/mol. The van der Waals surface area contributed by atoms with Crippen LogP contribution in [0, 0.1) is 0 Å². The fourth-order valence-electron chi connectivity index (χ4n) is 1.42. The lowest BCUT2D eigenvalue weighted by molar-refractivity contribution is 1.07. The number of hydrogen-bond acceptors (Lipinski definition) is 2. The Morgan fingerprint density at radius 1 is 1.20 bits per heavy atom. The first-order valence-electron chi connectivity index (χ1n) is 4.71. The van der Waals surface area contributed by atoms with E-state index < -0.39 is 0 Å². The van der Waals surface area contributed by atoms with E-state index >= 15 is 0 Å². The van der Waals surface area contributed by atoms with E-state index in [1.807, 2.05) is 36.4 Å². The molecular formula is C12H11ClN2. The molecule has 0 aliphatic heterocycles. The SMILES string of the molecule is NCc1cc(-c2ccccn2)ccc1Cl. The van der Waals surface area contributed by atoms with Crippen molar-refractivity contribution in [2.75, 3.05) is 0 Å². The monoisotopic (exact) mass is 218 g/mol. The van der Waals surface area contributed by atoms with E-state index in [2.05, 4.69) is 4.98 Å². The van der Waals surface area contributed by atoms with E-state index in [9.17, 15) is 0 Å². The van der Waals surface area contributed by atoms with Crippen LogP contribution in [0.1, 0.15) is 5.56 Å². The van der Waals surface area contributed by atoms with E-state index in [0.29, 0.717) is 11.6 Å². The minimum absolute atomic E-state index is 0.444. The molecule has 3 heteroatoms. The standard InChI is InChI=1S/C12H11ClN2/c13-11-5-4-9(7-10(11)8-14)12-3-1-2-6-15-12/h1-7H,8,14H2. The zero-order valence-electron chi connectivity index (χ0n) is 8.15. The van der Waals surface area contributed by atoms with Gasteiger partial charge in [-0.25, -0.2) is 0 Å². The zero-order chi connectivity index (χ0) is 10.7. The van der Waals surface area contributed by atoms with Crippen LogP contribution in [0.2, 0.25) is 5.02 Å². The predicted molar refractivity (Wildman–Crippen MR) is 62.6 cm³/mol. The maximum Gasteiger partial charge on any atom is 0.0702 e. The summed E-state index contributed by atoms with van der Waals surface area (Å²) in [6, 6.07) is 11.6. The van der Waals surface area contributed by atoms with Crippen molar-refractivity contribution in [1.82, 2.24) is 4.98 Å². The number of rotatable bonds is 2. The van der Waals surface area contributed by atoms with Gasteiger partial charge in [0, 0.05) is 23.3 Å². The molecule has 76 valence electrons. The van der Waals surface area contributed by atoms with Crippen molar-refractivity contribution in [3.8, 4) is 11.3 Å². The second-order valence-corrected chi connectivity index (χ2v) is 3.63. The van der Waals surface area contributed by atoms with Gasteiger partial charge in [0.25, 0.3) is 0 Å². The largest absolute Gasteiger partial charge is 0.326 e. The molecule has 1 heterocycles. The third kappa shape index (κ3) is 2.17. The minimum Gasteiger partial charge on any atom is -0.326 e. The van der Waals surface area contributed by atoms with Crippen molar-refractivity contribution >= 4 is 11.6 Å². The van der Waals surface area contributed by atoms with Crippen LogP contribution in [0.5, 0.6) is 0 Å². The van der Waals surface area contributed by atoms with Crippen LogP contribution < -0.4 is 5.73 Å². The molecular weight excluding hydrogens is 208 g/mol. The van der Waals surface area contributed by atoms with Crippen LogP contribution in [-0.2, 0) is 6.54 Å². The molecule has 1 aromatic carbocycles. The van der Waals surface area contributed by atoms with Gasteiger partial charge in [-0.2, -0.15) is 0 Å². The summed E-state index contributed by atoms with van der Waals surface area (Å²) in [5, 5.41) is 0.706. The van der Waals surface area contributed by atoms with Crippen LogP contribution in [0.25, 0.3) is 11.3 Å². The normalized spacial score (nSPS) is 10.3. The fourth-order valence-corrected chi connectivity index (χ4v) is 1.62. The zero-order valence-corrected chi connectivity index (χ0v) is 8.91. The highest BCUT2D eigenvalue weighted by molar-refractivity contribution is 6.31. The van der Waals surface area contributed by atoms with Crippen LogP contribution in [0.3, 0.4) is 0 Å². The molecule has 0 bridgehead atoms. The summed E-state index contributed by atoms with van der Waals surface area (Å²) in [4.78, 5) is 4.27. The Hall–Kier alpha value is -1.38. The molecule has 0 aliphatic carbocycles. The summed E-state index contributed by atoms with van der Waals surface area (Å²) < 4.78 is 0. The highest BCUT2D eigenvalue weighted by Gasteiger charge is 2.02. The summed E-state index contributed by atoms with van der Waals surface area (Å²) >= 11 is 5.98. The molecule has 0 radical (unpaired) electrons. The number of aromatic nitrogens is 1. The summed E-state index contributed by atoms with van der Waals surface area (Å²) in [5.41, 5.74) is 8.51. The molecule has 0 saturated heterocycles. The Morgan fingerprint density at radius 3 is 2.73 bits per heavy atom. The van der Waals surface area contributed by atoms with Gasteiger partial charge in [0.05, 0.1) is 5.69 Å². The second-order valence-electron chi connectivity index (χ2n) is 3.23. The van der Waals surface area contributed by atoms with Gasteiger partial charge in [-0.3, -0.25) is 4.98 Å². The quantitative estimate of drug-likeness (QED) is 0.842. The van der Waals surface area contributed by atoms with Crippen molar-refractivity contribution < 1.29 is 0 Å². The van der Waals surface area contributed by atoms with Gasteiger partial charge in [-0.05, 0) is 29.8 Å². The highest BCUT2D eigenvalue weighted by Crippen LogP contribution is 2.23. The van der Waals surface area contributed by atoms with E-state index in [4.69, 9.17) is 17.3 Å². The molecule has 0 amide bonds. The molecule has 0 saturated carbocycles. The lowest BCUT2D eigenvalue weighted by Crippen LogP contribution is -1.97. The number of nitrogens with zero attached hydrogens (tertiary/aromatic N) is 1. The third-order valence-corrected chi connectivity index (χ3v) is 2.60. The average Bonchev–Trinajstić information content (AvgIpc) is 2.31. The van der Waals surface area contributed by atoms with E-state index in [0.717, 1.165) is 16.8 Å². The summed E-state index contributed by atoms with van der Waals surface area (Å²) in [6.45, 7) is 0.444. The highest BCUT2D eigenvalue weighted by atomic mass is 35.5. The van der Waals surface area contributed by atoms with Crippen LogP contribution in [0.15, 0.2) is 42.6 Å².